The minimum absolute atomic E-state index is 0.0813. The van der Waals surface area contributed by atoms with Gasteiger partial charge in [0.05, 0.1) is 0 Å². The Bertz CT molecular complexity index is 418. The number of nitrogens with one attached hydrogen (secondary N) is 1. The van der Waals surface area contributed by atoms with Crippen molar-refractivity contribution in [3.63, 3.8) is 0 Å². The Labute approximate surface area is 114 Å². The summed E-state index contributed by atoms with van der Waals surface area (Å²) < 4.78 is 0. The molecule has 0 radical (unpaired) electrons. The van der Waals surface area contributed by atoms with Crippen LogP contribution in [0.1, 0.15) is 50.2 Å². The zero-order valence-electron chi connectivity index (χ0n) is 11.5. The highest BCUT2D eigenvalue weighted by atomic mass is 35.5. The third-order valence-electron chi connectivity index (χ3n) is 2.67. The SMILES string of the molecule is CCc1cc(C(=O)NC(C)CC(C)C)cc(Cl)n1. The van der Waals surface area contributed by atoms with Crippen molar-refractivity contribution >= 4 is 17.5 Å². The number of aryl methyl sites for hydroxylation is 1. The zero-order valence-corrected chi connectivity index (χ0v) is 12.2. The summed E-state index contributed by atoms with van der Waals surface area (Å²) in [5, 5.41) is 3.35. The maximum atomic E-state index is 12.1. The van der Waals surface area contributed by atoms with Gasteiger partial charge in [-0.3, -0.25) is 4.79 Å². The summed E-state index contributed by atoms with van der Waals surface area (Å²) in [5.74, 6) is 0.481. The summed E-state index contributed by atoms with van der Waals surface area (Å²) in [7, 11) is 0. The molecule has 0 aliphatic rings. The number of hydrogen-bond acceptors (Lipinski definition) is 2. The highest BCUT2D eigenvalue weighted by Crippen LogP contribution is 2.12. The fraction of sp³-hybridized carbons (Fsp3) is 0.571. The van der Waals surface area contributed by atoms with E-state index in [1.165, 1.54) is 0 Å². The molecular weight excluding hydrogens is 248 g/mol. The Morgan fingerprint density at radius 3 is 2.61 bits per heavy atom. The molecule has 1 atom stereocenters. The number of rotatable bonds is 5. The second-order valence-corrected chi connectivity index (χ2v) is 5.41. The highest BCUT2D eigenvalue weighted by Gasteiger charge is 2.12. The van der Waals surface area contributed by atoms with E-state index in [0.717, 1.165) is 18.5 Å². The average Bonchev–Trinajstić information content (AvgIpc) is 2.26. The molecule has 1 unspecified atom stereocenters. The number of nitrogens with zero attached hydrogens (tertiary/aromatic N) is 1. The first kappa shape index (κ1) is 15.0. The Morgan fingerprint density at radius 2 is 2.06 bits per heavy atom. The van der Waals surface area contributed by atoms with Crippen molar-refractivity contribution in [2.75, 3.05) is 0 Å². The smallest absolute Gasteiger partial charge is 0.251 e. The largest absolute Gasteiger partial charge is 0.350 e. The van der Waals surface area contributed by atoms with Crippen LogP contribution in [-0.2, 0) is 6.42 Å². The van der Waals surface area contributed by atoms with E-state index in [1.54, 1.807) is 12.1 Å². The van der Waals surface area contributed by atoms with E-state index in [-0.39, 0.29) is 11.9 Å². The molecule has 0 bridgehead atoms. The van der Waals surface area contributed by atoms with Crippen molar-refractivity contribution < 1.29 is 4.79 Å². The molecule has 3 nitrogen and oxygen atoms in total. The standard InChI is InChI=1S/C14H21ClN2O/c1-5-12-7-11(8-13(15)17-12)14(18)16-10(4)6-9(2)3/h7-10H,5-6H2,1-4H3,(H,16,18). The second kappa shape index (κ2) is 6.74. The number of halogens is 1. The maximum Gasteiger partial charge on any atom is 0.251 e. The average molecular weight is 269 g/mol. The normalized spacial score (nSPS) is 12.6. The molecule has 0 fully saturated rings. The fourth-order valence-corrected chi connectivity index (χ4v) is 2.16. The van der Waals surface area contributed by atoms with Gasteiger partial charge in [0, 0.05) is 17.3 Å². The molecule has 18 heavy (non-hydrogen) atoms. The molecule has 1 rings (SSSR count). The van der Waals surface area contributed by atoms with Crippen molar-refractivity contribution in [1.82, 2.24) is 10.3 Å². The van der Waals surface area contributed by atoms with Gasteiger partial charge in [0.25, 0.3) is 5.91 Å². The number of hydrogen-bond donors (Lipinski definition) is 1. The van der Waals surface area contributed by atoms with Gasteiger partial charge in [-0.25, -0.2) is 4.98 Å². The first-order valence-corrected chi connectivity index (χ1v) is 6.77. The highest BCUT2D eigenvalue weighted by molar-refractivity contribution is 6.29. The summed E-state index contributed by atoms with van der Waals surface area (Å²) in [4.78, 5) is 16.2. The van der Waals surface area contributed by atoms with Crippen LogP contribution in [0, 0.1) is 5.92 Å². The van der Waals surface area contributed by atoms with Crippen LogP contribution >= 0.6 is 11.6 Å². The van der Waals surface area contributed by atoms with E-state index in [1.807, 2.05) is 13.8 Å². The molecule has 0 aliphatic carbocycles. The van der Waals surface area contributed by atoms with Crippen LogP contribution in [0.2, 0.25) is 5.15 Å². The van der Waals surface area contributed by atoms with Crippen LogP contribution < -0.4 is 5.32 Å². The van der Waals surface area contributed by atoms with E-state index < -0.39 is 0 Å². The number of aromatic nitrogens is 1. The van der Waals surface area contributed by atoms with Gasteiger partial charge in [-0.1, -0.05) is 32.4 Å². The van der Waals surface area contributed by atoms with Crippen molar-refractivity contribution in [3.05, 3.63) is 28.5 Å². The summed E-state index contributed by atoms with van der Waals surface area (Å²) in [6.45, 7) is 8.28. The lowest BCUT2D eigenvalue weighted by atomic mass is 10.0. The molecule has 0 spiro atoms. The number of carbonyl (C=O) groups is 1. The van der Waals surface area contributed by atoms with E-state index in [9.17, 15) is 4.79 Å². The summed E-state index contributed by atoms with van der Waals surface area (Å²) in [5.41, 5.74) is 1.42. The maximum absolute atomic E-state index is 12.1. The van der Waals surface area contributed by atoms with Crippen molar-refractivity contribution in [2.45, 2.75) is 46.6 Å². The van der Waals surface area contributed by atoms with Gasteiger partial charge < -0.3 is 5.32 Å². The lowest BCUT2D eigenvalue weighted by molar-refractivity contribution is 0.0936. The molecular formula is C14H21ClN2O. The van der Waals surface area contributed by atoms with Gasteiger partial charge in [0.15, 0.2) is 0 Å². The van der Waals surface area contributed by atoms with E-state index in [2.05, 4.69) is 24.1 Å². The van der Waals surface area contributed by atoms with Crippen LogP contribution in [0.25, 0.3) is 0 Å². The molecule has 0 aromatic carbocycles. The lowest BCUT2D eigenvalue weighted by Crippen LogP contribution is -2.33. The predicted molar refractivity (Wildman–Crippen MR) is 75.0 cm³/mol. The molecule has 0 saturated carbocycles. The third-order valence-corrected chi connectivity index (χ3v) is 2.87. The molecule has 4 heteroatoms. The minimum atomic E-state index is -0.0813. The molecule has 1 amide bonds. The predicted octanol–water partition coefficient (Wildman–Crippen LogP) is 3.46. The molecule has 1 heterocycles. The van der Waals surface area contributed by atoms with Gasteiger partial charge in [-0.2, -0.15) is 0 Å². The van der Waals surface area contributed by atoms with Gasteiger partial charge >= 0.3 is 0 Å². The summed E-state index contributed by atoms with van der Waals surface area (Å²) >= 11 is 5.90. The Kier molecular flexibility index (Phi) is 5.60. The van der Waals surface area contributed by atoms with Gasteiger partial charge in [-0.15, -0.1) is 0 Å². The second-order valence-electron chi connectivity index (χ2n) is 5.03. The Hall–Kier alpha value is -1.09. The number of amides is 1. The van der Waals surface area contributed by atoms with E-state index >= 15 is 0 Å². The fourth-order valence-electron chi connectivity index (χ4n) is 1.94. The topological polar surface area (TPSA) is 42.0 Å². The first-order valence-electron chi connectivity index (χ1n) is 6.39. The summed E-state index contributed by atoms with van der Waals surface area (Å²) in [6.07, 6.45) is 1.73. The van der Waals surface area contributed by atoms with Crippen LogP contribution in [0.3, 0.4) is 0 Å². The first-order chi connectivity index (χ1) is 8.42. The molecule has 0 aliphatic heterocycles. The van der Waals surface area contributed by atoms with Gasteiger partial charge in [0.1, 0.15) is 5.15 Å². The Balaban J connectivity index is 2.74. The van der Waals surface area contributed by atoms with Crippen LogP contribution in [0.5, 0.6) is 0 Å². The molecule has 1 aromatic heterocycles. The van der Waals surface area contributed by atoms with Gasteiger partial charge in [-0.05, 0) is 37.8 Å². The quantitative estimate of drug-likeness (QED) is 0.831. The van der Waals surface area contributed by atoms with Gasteiger partial charge in [0.2, 0.25) is 0 Å². The number of pyridine rings is 1. The van der Waals surface area contributed by atoms with E-state index in [0.29, 0.717) is 16.6 Å². The zero-order chi connectivity index (χ0) is 13.7. The molecule has 100 valence electrons. The molecule has 1 aromatic rings. The van der Waals surface area contributed by atoms with Crippen LogP contribution in [-0.4, -0.2) is 16.9 Å². The van der Waals surface area contributed by atoms with Crippen molar-refractivity contribution in [3.8, 4) is 0 Å². The van der Waals surface area contributed by atoms with Crippen molar-refractivity contribution in [1.29, 1.82) is 0 Å². The lowest BCUT2D eigenvalue weighted by Gasteiger charge is -2.16. The Morgan fingerprint density at radius 1 is 1.39 bits per heavy atom. The number of carbonyl (C=O) groups excluding carboxylic acids is 1. The third kappa shape index (κ3) is 4.65. The minimum Gasteiger partial charge on any atom is -0.350 e. The summed E-state index contributed by atoms with van der Waals surface area (Å²) in [6, 6.07) is 3.57. The molecule has 0 saturated heterocycles. The van der Waals surface area contributed by atoms with Crippen LogP contribution in [0.15, 0.2) is 12.1 Å². The monoisotopic (exact) mass is 268 g/mol. The molecule has 1 N–H and O–H groups in total. The van der Waals surface area contributed by atoms with Crippen LogP contribution in [0.4, 0.5) is 0 Å². The van der Waals surface area contributed by atoms with E-state index in [4.69, 9.17) is 11.6 Å². The van der Waals surface area contributed by atoms with Crippen molar-refractivity contribution in [2.24, 2.45) is 5.92 Å².